The van der Waals surface area contributed by atoms with E-state index in [1.165, 1.54) is 16.7 Å². The van der Waals surface area contributed by atoms with Crippen molar-refractivity contribution in [1.82, 2.24) is 0 Å². The number of aliphatic hydroxyl groups excluding tert-OH is 2. The van der Waals surface area contributed by atoms with E-state index >= 15 is 0 Å². The maximum absolute atomic E-state index is 10.8. The Morgan fingerprint density at radius 1 is 0.500 bits per heavy atom. The van der Waals surface area contributed by atoms with Crippen LogP contribution in [-0.4, -0.2) is 10.2 Å². The van der Waals surface area contributed by atoms with Gasteiger partial charge in [0.05, 0.1) is 12.2 Å². The van der Waals surface area contributed by atoms with Crippen LogP contribution in [0, 0.1) is 20.8 Å². The Morgan fingerprint density at radius 2 is 0.786 bits per heavy atom. The van der Waals surface area contributed by atoms with E-state index in [9.17, 15) is 10.2 Å². The zero-order chi connectivity index (χ0) is 20.1. The Morgan fingerprint density at radius 3 is 1.11 bits per heavy atom. The molecular weight excluding hydrogens is 344 g/mol. The standard InChI is InChI=1S/C26H30O2/c1-18-4-10-21(11-5-18)24(16-25(27)22-12-6-19(2)7-13-22)17-26(28)23-14-8-20(3)9-15-23/h4-15,24-28H,16-17H2,1-3H3/t24?,25-,26+. The lowest BCUT2D eigenvalue weighted by molar-refractivity contribution is 0.123. The van der Waals surface area contributed by atoms with Gasteiger partial charge in [-0.2, -0.15) is 0 Å². The maximum Gasteiger partial charge on any atom is 0.0795 e. The minimum Gasteiger partial charge on any atom is -0.388 e. The Kier molecular flexibility index (Phi) is 6.66. The third-order valence-corrected chi connectivity index (χ3v) is 5.49. The van der Waals surface area contributed by atoms with E-state index in [1.54, 1.807) is 0 Å². The maximum atomic E-state index is 10.8. The van der Waals surface area contributed by atoms with Crippen molar-refractivity contribution in [1.29, 1.82) is 0 Å². The van der Waals surface area contributed by atoms with Crippen molar-refractivity contribution in [2.45, 2.75) is 51.7 Å². The molecule has 3 atom stereocenters. The molecule has 0 fully saturated rings. The first-order valence-corrected chi connectivity index (χ1v) is 9.98. The van der Waals surface area contributed by atoms with Crippen molar-refractivity contribution in [2.75, 3.05) is 0 Å². The molecule has 0 aliphatic rings. The first kappa shape index (κ1) is 20.3. The van der Waals surface area contributed by atoms with Crippen LogP contribution in [0.1, 0.15) is 64.3 Å². The number of rotatable bonds is 7. The summed E-state index contributed by atoms with van der Waals surface area (Å²) < 4.78 is 0. The first-order chi connectivity index (χ1) is 13.4. The second kappa shape index (κ2) is 9.18. The van der Waals surface area contributed by atoms with E-state index in [4.69, 9.17) is 0 Å². The monoisotopic (exact) mass is 374 g/mol. The summed E-state index contributed by atoms with van der Waals surface area (Å²) in [7, 11) is 0. The lowest BCUT2D eigenvalue weighted by atomic mass is 9.84. The largest absolute Gasteiger partial charge is 0.388 e. The van der Waals surface area contributed by atoms with Crippen molar-refractivity contribution >= 4 is 0 Å². The molecule has 3 aromatic rings. The molecular formula is C26H30O2. The smallest absolute Gasteiger partial charge is 0.0795 e. The summed E-state index contributed by atoms with van der Waals surface area (Å²) in [5.41, 5.74) is 6.57. The summed E-state index contributed by atoms with van der Waals surface area (Å²) in [6, 6.07) is 24.5. The molecule has 1 unspecified atom stereocenters. The molecule has 0 aliphatic carbocycles. The van der Waals surface area contributed by atoms with Gasteiger partial charge in [-0.05, 0) is 56.2 Å². The molecule has 0 saturated heterocycles. The fourth-order valence-electron chi connectivity index (χ4n) is 3.60. The molecule has 0 aromatic heterocycles. The highest BCUT2D eigenvalue weighted by Gasteiger charge is 2.22. The minimum atomic E-state index is -0.558. The molecule has 0 radical (unpaired) electrons. The van der Waals surface area contributed by atoms with Gasteiger partial charge in [0.2, 0.25) is 0 Å². The van der Waals surface area contributed by atoms with Gasteiger partial charge in [-0.3, -0.25) is 0 Å². The third kappa shape index (κ3) is 5.31. The van der Waals surface area contributed by atoms with Crippen molar-refractivity contribution in [3.05, 3.63) is 106 Å². The first-order valence-electron chi connectivity index (χ1n) is 9.98. The number of aryl methyl sites for hydroxylation is 3. The van der Waals surface area contributed by atoms with Gasteiger partial charge >= 0.3 is 0 Å². The topological polar surface area (TPSA) is 40.5 Å². The average Bonchev–Trinajstić information content (AvgIpc) is 2.69. The van der Waals surface area contributed by atoms with Gasteiger partial charge < -0.3 is 10.2 Å². The number of aliphatic hydroxyl groups is 2. The fraction of sp³-hybridized carbons (Fsp3) is 0.308. The molecule has 0 aliphatic heterocycles. The second-order valence-corrected chi connectivity index (χ2v) is 7.93. The number of benzene rings is 3. The van der Waals surface area contributed by atoms with Gasteiger partial charge in [0.25, 0.3) is 0 Å². The Bertz CT molecular complexity index is 810. The normalized spacial score (nSPS) is 14.5. The van der Waals surface area contributed by atoms with Gasteiger partial charge in [-0.25, -0.2) is 0 Å². The Hall–Kier alpha value is -2.42. The van der Waals surface area contributed by atoms with Crippen LogP contribution in [0.3, 0.4) is 0 Å². The minimum absolute atomic E-state index is 0.0632. The molecule has 2 heteroatoms. The summed E-state index contributed by atoms with van der Waals surface area (Å²) in [5.74, 6) is 0.0632. The molecule has 2 N–H and O–H groups in total. The van der Waals surface area contributed by atoms with E-state index in [0.717, 1.165) is 16.7 Å². The summed E-state index contributed by atoms with van der Waals surface area (Å²) in [5, 5.41) is 21.7. The zero-order valence-electron chi connectivity index (χ0n) is 17.0. The van der Waals surface area contributed by atoms with Crippen molar-refractivity contribution < 1.29 is 10.2 Å². The molecule has 0 bridgehead atoms. The Balaban J connectivity index is 1.81. The van der Waals surface area contributed by atoms with Crippen LogP contribution in [0.5, 0.6) is 0 Å². The lowest BCUT2D eigenvalue weighted by Gasteiger charge is -2.24. The molecule has 2 nitrogen and oxygen atoms in total. The zero-order valence-corrected chi connectivity index (χ0v) is 17.0. The van der Waals surface area contributed by atoms with E-state index < -0.39 is 12.2 Å². The van der Waals surface area contributed by atoms with Crippen molar-refractivity contribution in [3.8, 4) is 0 Å². The average molecular weight is 375 g/mol. The SMILES string of the molecule is Cc1ccc(C(C[C@@H](O)c2ccc(C)cc2)C[C@H](O)c2ccc(C)cc2)cc1. The van der Waals surface area contributed by atoms with Crippen LogP contribution in [-0.2, 0) is 0 Å². The molecule has 0 amide bonds. The van der Waals surface area contributed by atoms with E-state index in [0.29, 0.717) is 12.8 Å². The second-order valence-electron chi connectivity index (χ2n) is 7.93. The van der Waals surface area contributed by atoms with Gasteiger partial charge in [0.1, 0.15) is 0 Å². The lowest BCUT2D eigenvalue weighted by Crippen LogP contribution is -2.11. The van der Waals surface area contributed by atoms with Crippen LogP contribution < -0.4 is 0 Å². The van der Waals surface area contributed by atoms with Gasteiger partial charge in [-0.15, -0.1) is 0 Å². The third-order valence-electron chi connectivity index (χ3n) is 5.49. The van der Waals surface area contributed by atoms with E-state index in [1.807, 2.05) is 62.4 Å². The van der Waals surface area contributed by atoms with Crippen LogP contribution in [0.25, 0.3) is 0 Å². The van der Waals surface area contributed by atoms with Gasteiger partial charge in [0.15, 0.2) is 0 Å². The van der Waals surface area contributed by atoms with Crippen LogP contribution in [0.15, 0.2) is 72.8 Å². The Labute approximate surface area is 168 Å². The molecule has 3 aromatic carbocycles. The van der Waals surface area contributed by atoms with Crippen molar-refractivity contribution in [3.63, 3.8) is 0 Å². The summed E-state index contributed by atoms with van der Waals surface area (Å²) in [6.07, 6.45) is 0.0404. The van der Waals surface area contributed by atoms with Crippen LogP contribution in [0.4, 0.5) is 0 Å². The van der Waals surface area contributed by atoms with E-state index in [-0.39, 0.29) is 5.92 Å². The fourth-order valence-corrected chi connectivity index (χ4v) is 3.60. The van der Waals surface area contributed by atoms with E-state index in [2.05, 4.69) is 31.2 Å². The molecule has 3 rings (SSSR count). The molecule has 0 spiro atoms. The quantitative estimate of drug-likeness (QED) is 0.537. The molecule has 0 saturated carbocycles. The summed E-state index contributed by atoms with van der Waals surface area (Å²) in [4.78, 5) is 0. The highest BCUT2D eigenvalue weighted by Crippen LogP contribution is 2.35. The van der Waals surface area contributed by atoms with Gasteiger partial charge in [-0.1, -0.05) is 89.5 Å². The van der Waals surface area contributed by atoms with Crippen LogP contribution >= 0.6 is 0 Å². The van der Waals surface area contributed by atoms with Gasteiger partial charge in [0, 0.05) is 0 Å². The number of hydrogen-bond donors (Lipinski definition) is 2. The summed E-state index contributed by atoms with van der Waals surface area (Å²) >= 11 is 0. The molecule has 28 heavy (non-hydrogen) atoms. The number of hydrogen-bond acceptors (Lipinski definition) is 2. The summed E-state index contributed by atoms with van der Waals surface area (Å²) in [6.45, 7) is 6.16. The predicted octanol–water partition coefficient (Wildman–Crippen LogP) is 5.94. The molecule has 146 valence electrons. The highest BCUT2D eigenvalue weighted by molar-refractivity contribution is 5.28. The van der Waals surface area contributed by atoms with Crippen molar-refractivity contribution in [2.24, 2.45) is 0 Å². The van der Waals surface area contributed by atoms with Crippen LogP contribution in [0.2, 0.25) is 0 Å². The molecule has 0 heterocycles. The predicted molar refractivity (Wildman–Crippen MR) is 115 cm³/mol. The highest BCUT2D eigenvalue weighted by atomic mass is 16.3.